The predicted octanol–water partition coefficient (Wildman–Crippen LogP) is 21.1. The summed E-state index contributed by atoms with van der Waals surface area (Å²) in [5.74, 6) is 0. The molecule has 84 heavy (non-hydrogen) atoms. The van der Waals surface area contributed by atoms with Crippen LogP contribution in [-0.4, -0.2) is 18.7 Å². The molecule has 19 aromatic rings. The second-order valence-electron chi connectivity index (χ2n) is 22.1. The molecule has 0 N–H and O–H groups in total. The number of aromatic nitrogens is 4. The summed E-state index contributed by atoms with van der Waals surface area (Å²) >= 11 is 0. The molecule has 0 unspecified atom stereocenters. The number of hydrogen-bond donors (Lipinski definition) is 0. The van der Waals surface area contributed by atoms with Crippen LogP contribution in [0.25, 0.3) is 182 Å². The quantitative estimate of drug-likeness (QED) is 0.166. The highest BCUT2D eigenvalue weighted by molar-refractivity contribution is 6.18. The number of hydrogen-bond acceptors (Lipinski definition) is 4. The third-order valence-electron chi connectivity index (χ3n) is 17.6. The van der Waals surface area contributed by atoms with Gasteiger partial charge in [0.2, 0.25) is 0 Å². The van der Waals surface area contributed by atoms with Crippen LogP contribution >= 0.6 is 0 Å². The number of nitrogens with zero attached hydrogens (tertiary/aromatic N) is 4. The van der Waals surface area contributed by atoms with Gasteiger partial charge in [-0.05, 0) is 132 Å². The molecule has 0 saturated carbocycles. The third-order valence-corrected chi connectivity index (χ3v) is 17.6. The van der Waals surface area contributed by atoms with Crippen LogP contribution in [-0.2, 0) is 0 Å². The van der Waals surface area contributed by atoms with E-state index in [1.54, 1.807) is 0 Å². The molecular weight excluding hydrogens is 1030 g/mol. The Labute approximate surface area is 478 Å². The average molecular weight is 1070 g/mol. The van der Waals surface area contributed by atoms with Gasteiger partial charge in [-0.1, -0.05) is 146 Å². The second kappa shape index (κ2) is 17.1. The molecule has 0 aliphatic carbocycles. The number of para-hydroxylation sites is 6. The fraction of sp³-hybridized carbons (Fsp3) is 0. The zero-order valence-electron chi connectivity index (χ0n) is 44.9. The number of fused-ring (bicyclic) bond motifs is 18. The fourth-order valence-electron chi connectivity index (χ4n) is 14.0. The van der Waals surface area contributed by atoms with Crippen LogP contribution in [0.2, 0.25) is 0 Å². The zero-order valence-corrected chi connectivity index (χ0v) is 44.9. The Hall–Kier alpha value is -11.4. The normalized spacial score (nSPS) is 12.3. The summed E-state index contributed by atoms with van der Waals surface area (Å²) in [7, 11) is 0. The summed E-state index contributed by atoms with van der Waals surface area (Å²) in [6.07, 6.45) is 0. The van der Waals surface area contributed by atoms with Crippen LogP contribution in [0.4, 0.5) is 0 Å². The van der Waals surface area contributed by atoms with Crippen molar-refractivity contribution < 1.29 is 13.3 Å². The van der Waals surface area contributed by atoms with Gasteiger partial charge in [0.05, 0.1) is 77.7 Å². The van der Waals surface area contributed by atoms with Crippen LogP contribution in [0.5, 0.6) is 0 Å². The molecule has 0 atom stereocenters. The van der Waals surface area contributed by atoms with Gasteiger partial charge in [-0.3, -0.25) is 0 Å². The summed E-state index contributed by atoms with van der Waals surface area (Å²) < 4.78 is 26.5. The van der Waals surface area contributed by atoms with Gasteiger partial charge in [0.25, 0.3) is 0 Å². The first-order valence-corrected chi connectivity index (χ1v) is 28.5. The molecular formula is C77H44N4O3. The van der Waals surface area contributed by atoms with Crippen LogP contribution in [0.1, 0.15) is 0 Å². The molecule has 0 spiro atoms. The first kappa shape index (κ1) is 45.3. The molecule has 0 aliphatic heterocycles. The first-order chi connectivity index (χ1) is 41.6. The SMILES string of the molecule is c1ccc2c(c1)oc1cccc(-n3c4ccccc4c4cc(-c5cc(-c6ccc7c(c6)c6ccccc6n7-c6cccc7oc8ccccc8c67)nc(-c6ccc7c(c6)c6ccccc6n7-c6cccc7oc8ccccc8c67)c5)ccc43)c12. The van der Waals surface area contributed by atoms with E-state index in [1.165, 1.54) is 5.39 Å². The van der Waals surface area contributed by atoms with E-state index >= 15 is 0 Å². The summed E-state index contributed by atoms with van der Waals surface area (Å²) in [5, 5.41) is 13.5. The van der Waals surface area contributed by atoms with E-state index in [2.05, 4.69) is 262 Å². The molecule has 0 aliphatic rings. The molecule has 19 rings (SSSR count). The first-order valence-electron chi connectivity index (χ1n) is 28.5. The molecule has 0 saturated heterocycles. The lowest BCUT2D eigenvalue weighted by Gasteiger charge is -2.13. The molecule has 0 radical (unpaired) electrons. The van der Waals surface area contributed by atoms with Crippen molar-refractivity contribution in [3.63, 3.8) is 0 Å². The van der Waals surface area contributed by atoms with Gasteiger partial charge in [-0.25, -0.2) is 4.98 Å². The van der Waals surface area contributed by atoms with Crippen LogP contribution in [0.15, 0.2) is 280 Å². The maximum absolute atomic E-state index is 6.44. The molecule has 12 aromatic carbocycles. The summed E-state index contributed by atoms with van der Waals surface area (Å²) in [6, 6.07) is 95.6. The molecule has 7 nitrogen and oxygen atoms in total. The number of pyridine rings is 1. The van der Waals surface area contributed by atoms with Gasteiger partial charge in [0, 0.05) is 59.6 Å². The molecule has 7 aromatic heterocycles. The van der Waals surface area contributed by atoms with Crippen molar-refractivity contribution in [2.45, 2.75) is 0 Å². The van der Waals surface area contributed by atoms with E-state index in [4.69, 9.17) is 18.2 Å². The van der Waals surface area contributed by atoms with Crippen molar-refractivity contribution in [2.75, 3.05) is 0 Å². The molecule has 0 fully saturated rings. The van der Waals surface area contributed by atoms with Crippen molar-refractivity contribution >= 4 is 131 Å². The predicted molar refractivity (Wildman–Crippen MR) is 345 cm³/mol. The van der Waals surface area contributed by atoms with Crippen molar-refractivity contribution in [1.29, 1.82) is 0 Å². The lowest BCUT2D eigenvalue weighted by molar-refractivity contribution is 0.668. The van der Waals surface area contributed by atoms with Gasteiger partial charge < -0.3 is 27.0 Å². The molecule has 0 bridgehead atoms. The molecule has 390 valence electrons. The van der Waals surface area contributed by atoms with Crippen LogP contribution < -0.4 is 0 Å². The maximum Gasteiger partial charge on any atom is 0.137 e. The van der Waals surface area contributed by atoms with Gasteiger partial charge in [0.15, 0.2) is 0 Å². The van der Waals surface area contributed by atoms with E-state index in [-0.39, 0.29) is 0 Å². The maximum atomic E-state index is 6.44. The average Bonchev–Trinajstić information content (AvgIpc) is 2.44. The molecule has 7 heterocycles. The fourth-order valence-corrected chi connectivity index (χ4v) is 14.0. The second-order valence-corrected chi connectivity index (χ2v) is 22.1. The Balaban J connectivity index is 0.834. The van der Waals surface area contributed by atoms with Crippen LogP contribution in [0.3, 0.4) is 0 Å². The third kappa shape index (κ3) is 6.37. The number of rotatable bonds is 6. The molecule has 0 amide bonds. The monoisotopic (exact) mass is 1070 g/mol. The Kier molecular flexibility index (Phi) is 9.21. The number of furan rings is 3. The van der Waals surface area contributed by atoms with E-state index in [9.17, 15) is 0 Å². The molecule has 7 heteroatoms. The van der Waals surface area contributed by atoms with Crippen molar-refractivity contribution in [1.82, 2.24) is 18.7 Å². The van der Waals surface area contributed by atoms with E-state index in [0.29, 0.717) is 0 Å². The Morgan fingerprint density at radius 1 is 0.214 bits per heavy atom. The lowest BCUT2D eigenvalue weighted by atomic mass is 9.97. The van der Waals surface area contributed by atoms with E-state index in [1.807, 2.05) is 18.2 Å². The Morgan fingerprint density at radius 2 is 0.512 bits per heavy atom. The minimum Gasteiger partial charge on any atom is -0.456 e. The zero-order chi connectivity index (χ0) is 54.7. The highest BCUT2D eigenvalue weighted by Gasteiger charge is 2.23. The Bertz CT molecular complexity index is 5420. The topological polar surface area (TPSA) is 67.1 Å². The van der Waals surface area contributed by atoms with E-state index < -0.39 is 0 Å². The van der Waals surface area contributed by atoms with Gasteiger partial charge in [-0.15, -0.1) is 0 Å². The smallest absolute Gasteiger partial charge is 0.137 e. The lowest BCUT2D eigenvalue weighted by Crippen LogP contribution is -1.95. The highest BCUT2D eigenvalue weighted by atomic mass is 16.3. The summed E-state index contributed by atoms with van der Waals surface area (Å²) in [5.41, 5.74) is 21.2. The standard InChI is InChI=1S/C77H44N4O3/c1-7-22-60-49(16-1)55-40-45(34-37-63(55)79(60)66-25-13-31-72-75(66)52-19-4-10-28-69(52)82-72)48-43-58(46-35-38-64-56(41-46)50-17-2-8-23-61(50)80(64)67-26-14-32-73-76(67)53-20-5-11-29-70(53)83-73)78-59(44-48)47-36-39-65-57(42-47)51-18-3-9-24-62(51)81(65)68-27-15-33-74-77(68)54-21-6-12-30-71(54)84-74/h1-44H. The van der Waals surface area contributed by atoms with Crippen molar-refractivity contribution in [3.05, 3.63) is 267 Å². The van der Waals surface area contributed by atoms with Gasteiger partial charge in [-0.2, -0.15) is 0 Å². The van der Waals surface area contributed by atoms with Crippen molar-refractivity contribution in [3.8, 4) is 50.7 Å². The van der Waals surface area contributed by atoms with Crippen LogP contribution in [0, 0.1) is 0 Å². The van der Waals surface area contributed by atoms with Crippen molar-refractivity contribution in [2.24, 2.45) is 0 Å². The minimum atomic E-state index is 0.864. The largest absolute Gasteiger partial charge is 0.456 e. The van der Waals surface area contributed by atoms with E-state index in [0.717, 1.165) is 177 Å². The number of benzene rings is 12. The Morgan fingerprint density at radius 3 is 0.893 bits per heavy atom. The highest BCUT2D eigenvalue weighted by Crippen LogP contribution is 2.45. The van der Waals surface area contributed by atoms with Gasteiger partial charge in [0.1, 0.15) is 33.5 Å². The minimum absolute atomic E-state index is 0.864. The summed E-state index contributed by atoms with van der Waals surface area (Å²) in [6.45, 7) is 0. The van der Waals surface area contributed by atoms with Gasteiger partial charge >= 0.3 is 0 Å². The summed E-state index contributed by atoms with van der Waals surface area (Å²) in [4.78, 5) is 5.69.